The highest BCUT2D eigenvalue weighted by Crippen LogP contribution is 2.25. The van der Waals surface area contributed by atoms with Gasteiger partial charge in [0.2, 0.25) is 11.8 Å². The van der Waals surface area contributed by atoms with Crippen LogP contribution >= 0.6 is 11.8 Å². The molecule has 0 aliphatic rings. The summed E-state index contributed by atoms with van der Waals surface area (Å²) in [5.74, 6) is -1.44. The predicted octanol–water partition coefficient (Wildman–Crippen LogP) is 3.75. The number of thioether (sulfide) groups is 1. The van der Waals surface area contributed by atoms with E-state index >= 15 is 0 Å². The van der Waals surface area contributed by atoms with Crippen LogP contribution in [-0.4, -0.2) is 29.0 Å². The van der Waals surface area contributed by atoms with Crippen molar-refractivity contribution < 1.29 is 22.7 Å². The number of methoxy groups -OCH3 is 1. The van der Waals surface area contributed by atoms with Gasteiger partial charge in [-0.2, -0.15) is 0 Å². The minimum Gasteiger partial charge on any atom is -0.497 e. The van der Waals surface area contributed by atoms with Crippen LogP contribution < -0.4 is 10.1 Å². The first-order valence-corrected chi connectivity index (χ1v) is 8.40. The smallest absolute Gasteiger partial charge is 0.277 e. The monoisotopic (exact) mass is 377 g/mol. The van der Waals surface area contributed by atoms with E-state index in [1.807, 2.05) is 0 Å². The third kappa shape index (κ3) is 4.17. The summed E-state index contributed by atoms with van der Waals surface area (Å²) in [6.07, 6.45) is 0. The Morgan fingerprint density at radius 3 is 2.50 bits per heavy atom. The quantitative estimate of drug-likeness (QED) is 0.659. The van der Waals surface area contributed by atoms with Crippen molar-refractivity contribution in [2.45, 2.75) is 5.22 Å². The number of hydrogen-bond donors (Lipinski definition) is 1. The Balaban J connectivity index is 1.60. The normalized spacial score (nSPS) is 10.6. The van der Waals surface area contributed by atoms with Gasteiger partial charge in [0.15, 0.2) is 0 Å². The summed E-state index contributed by atoms with van der Waals surface area (Å²) in [6.45, 7) is 0. The van der Waals surface area contributed by atoms with Crippen molar-refractivity contribution in [3.8, 4) is 17.2 Å². The molecule has 3 aromatic rings. The van der Waals surface area contributed by atoms with Gasteiger partial charge in [0.05, 0.1) is 12.9 Å². The predicted molar refractivity (Wildman–Crippen MR) is 92.0 cm³/mol. The molecule has 1 aromatic heterocycles. The first kappa shape index (κ1) is 17.9. The molecule has 0 bridgehead atoms. The highest BCUT2D eigenvalue weighted by molar-refractivity contribution is 7.99. The first-order chi connectivity index (χ1) is 12.6. The Bertz CT molecular complexity index is 896. The Morgan fingerprint density at radius 2 is 1.85 bits per heavy atom. The van der Waals surface area contributed by atoms with Gasteiger partial charge in [-0.25, -0.2) is 8.78 Å². The lowest BCUT2D eigenvalue weighted by Crippen LogP contribution is -2.16. The first-order valence-electron chi connectivity index (χ1n) is 7.41. The summed E-state index contributed by atoms with van der Waals surface area (Å²) in [5, 5.41) is 10.1. The average Bonchev–Trinajstić information content (AvgIpc) is 3.12. The standard InChI is InChI=1S/C17H13F2N3O3S/c1-24-11-7-5-10(6-8-11)16-21-22-17(25-16)26-9-14(23)20-15-12(18)3-2-4-13(15)19/h2-8H,9H2,1H3,(H,20,23). The van der Waals surface area contributed by atoms with Crippen LogP contribution in [0, 0.1) is 11.6 Å². The largest absolute Gasteiger partial charge is 0.497 e. The number of benzene rings is 2. The molecule has 0 aliphatic heterocycles. The van der Waals surface area contributed by atoms with E-state index in [4.69, 9.17) is 9.15 Å². The van der Waals surface area contributed by atoms with Crippen molar-refractivity contribution >= 4 is 23.4 Å². The van der Waals surface area contributed by atoms with Gasteiger partial charge in [0, 0.05) is 5.56 Å². The molecule has 0 fully saturated rings. The molecule has 26 heavy (non-hydrogen) atoms. The zero-order valence-corrected chi connectivity index (χ0v) is 14.3. The Labute approximate surface area is 151 Å². The maximum absolute atomic E-state index is 13.5. The van der Waals surface area contributed by atoms with Gasteiger partial charge in [0.25, 0.3) is 5.22 Å². The van der Waals surface area contributed by atoms with Crippen molar-refractivity contribution in [3.05, 3.63) is 54.1 Å². The lowest BCUT2D eigenvalue weighted by Gasteiger charge is -2.06. The fourth-order valence-corrected chi connectivity index (χ4v) is 2.60. The molecule has 2 aromatic carbocycles. The van der Waals surface area contributed by atoms with E-state index in [1.54, 1.807) is 31.4 Å². The number of anilines is 1. The molecular formula is C17H13F2N3O3S. The summed E-state index contributed by atoms with van der Waals surface area (Å²) in [7, 11) is 1.56. The van der Waals surface area contributed by atoms with E-state index in [0.717, 1.165) is 23.9 Å². The lowest BCUT2D eigenvalue weighted by molar-refractivity contribution is -0.113. The molecule has 0 unspecified atom stereocenters. The second-order valence-electron chi connectivity index (χ2n) is 5.04. The van der Waals surface area contributed by atoms with E-state index in [9.17, 15) is 13.6 Å². The maximum atomic E-state index is 13.5. The van der Waals surface area contributed by atoms with Gasteiger partial charge in [-0.05, 0) is 36.4 Å². The molecule has 0 saturated heterocycles. The number of para-hydroxylation sites is 1. The van der Waals surface area contributed by atoms with Crippen LogP contribution in [0.1, 0.15) is 0 Å². The molecule has 1 heterocycles. The number of hydrogen-bond acceptors (Lipinski definition) is 6. The number of rotatable bonds is 6. The molecule has 9 heteroatoms. The Hall–Kier alpha value is -2.94. The molecule has 0 saturated carbocycles. The number of ether oxygens (including phenoxy) is 1. The SMILES string of the molecule is COc1ccc(-c2nnc(SCC(=O)Nc3c(F)cccc3F)o2)cc1. The van der Waals surface area contributed by atoms with Crippen molar-refractivity contribution in [1.82, 2.24) is 10.2 Å². The van der Waals surface area contributed by atoms with Gasteiger partial charge in [-0.3, -0.25) is 4.79 Å². The average molecular weight is 377 g/mol. The number of aromatic nitrogens is 2. The summed E-state index contributed by atoms with van der Waals surface area (Å²) in [5.41, 5.74) is 0.214. The van der Waals surface area contributed by atoms with Crippen molar-refractivity contribution in [1.29, 1.82) is 0 Å². The van der Waals surface area contributed by atoms with Gasteiger partial charge < -0.3 is 14.5 Å². The number of amides is 1. The fourth-order valence-electron chi connectivity index (χ4n) is 2.04. The van der Waals surface area contributed by atoms with Crippen molar-refractivity contribution in [2.75, 3.05) is 18.2 Å². The number of halogens is 2. The van der Waals surface area contributed by atoms with Crippen LogP contribution in [0.5, 0.6) is 5.75 Å². The van der Waals surface area contributed by atoms with Crippen LogP contribution in [0.4, 0.5) is 14.5 Å². The fraction of sp³-hybridized carbons (Fsp3) is 0.118. The number of carbonyl (C=O) groups excluding carboxylic acids is 1. The van der Waals surface area contributed by atoms with Gasteiger partial charge >= 0.3 is 0 Å². The second-order valence-corrected chi connectivity index (χ2v) is 5.96. The molecule has 6 nitrogen and oxygen atoms in total. The molecule has 3 rings (SSSR count). The van der Waals surface area contributed by atoms with Crippen LogP contribution in [0.15, 0.2) is 52.1 Å². The number of carbonyl (C=O) groups is 1. The number of nitrogens with zero attached hydrogens (tertiary/aromatic N) is 2. The molecule has 0 aliphatic carbocycles. The minimum atomic E-state index is -0.845. The van der Waals surface area contributed by atoms with Gasteiger partial charge in [0.1, 0.15) is 23.1 Å². The third-order valence-electron chi connectivity index (χ3n) is 3.30. The van der Waals surface area contributed by atoms with E-state index in [2.05, 4.69) is 15.5 Å². The number of nitrogens with one attached hydrogen (secondary N) is 1. The minimum absolute atomic E-state index is 0.141. The van der Waals surface area contributed by atoms with E-state index in [1.165, 1.54) is 6.07 Å². The zero-order chi connectivity index (χ0) is 18.5. The Kier molecular flexibility index (Phi) is 5.47. The van der Waals surface area contributed by atoms with Crippen molar-refractivity contribution in [3.63, 3.8) is 0 Å². The second kappa shape index (κ2) is 7.96. The topological polar surface area (TPSA) is 77.2 Å². The van der Waals surface area contributed by atoms with Crippen LogP contribution in [0.3, 0.4) is 0 Å². The molecule has 1 amide bonds. The van der Waals surface area contributed by atoms with Crippen LogP contribution in [-0.2, 0) is 4.79 Å². The highest BCUT2D eigenvalue weighted by Gasteiger charge is 2.14. The molecule has 0 spiro atoms. The molecule has 0 radical (unpaired) electrons. The van der Waals surface area contributed by atoms with E-state index in [0.29, 0.717) is 11.3 Å². The highest BCUT2D eigenvalue weighted by atomic mass is 32.2. The summed E-state index contributed by atoms with van der Waals surface area (Å²) in [4.78, 5) is 11.9. The third-order valence-corrected chi connectivity index (χ3v) is 4.12. The van der Waals surface area contributed by atoms with Gasteiger partial charge in [-0.15, -0.1) is 10.2 Å². The molecule has 1 N–H and O–H groups in total. The van der Waals surface area contributed by atoms with Crippen LogP contribution in [0.2, 0.25) is 0 Å². The summed E-state index contributed by atoms with van der Waals surface area (Å²) < 4.78 is 37.6. The lowest BCUT2D eigenvalue weighted by atomic mass is 10.2. The molecule has 0 atom stereocenters. The molecule has 134 valence electrons. The summed E-state index contributed by atoms with van der Waals surface area (Å²) >= 11 is 0.961. The Morgan fingerprint density at radius 1 is 1.15 bits per heavy atom. The van der Waals surface area contributed by atoms with Crippen LogP contribution in [0.25, 0.3) is 11.5 Å². The van der Waals surface area contributed by atoms with Crippen molar-refractivity contribution in [2.24, 2.45) is 0 Å². The molecular weight excluding hydrogens is 364 g/mol. The zero-order valence-electron chi connectivity index (χ0n) is 13.5. The summed E-state index contributed by atoms with van der Waals surface area (Å²) in [6, 6.07) is 10.4. The maximum Gasteiger partial charge on any atom is 0.277 e. The van der Waals surface area contributed by atoms with E-state index < -0.39 is 23.2 Å². The van der Waals surface area contributed by atoms with E-state index in [-0.39, 0.29) is 16.9 Å². The van der Waals surface area contributed by atoms with Gasteiger partial charge in [-0.1, -0.05) is 17.8 Å².